The molecule has 1 unspecified atom stereocenters. The summed E-state index contributed by atoms with van der Waals surface area (Å²) in [6.45, 7) is 3.33. The van der Waals surface area contributed by atoms with Gasteiger partial charge in [0.25, 0.3) is 5.56 Å². The van der Waals surface area contributed by atoms with Crippen molar-refractivity contribution in [1.29, 1.82) is 0 Å². The van der Waals surface area contributed by atoms with Crippen LogP contribution in [0.5, 0.6) is 0 Å². The summed E-state index contributed by atoms with van der Waals surface area (Å²) in [5.74, 6) is 0. The number of nitrogens with zero attached hydrogens (tertiary/aromatic N) is 3. The van der Waals surface area contributed by atoms with E-state index in [2.05, 4.69) is 20.0 Å². The quantitative estimate of drug-likeness (QED) is 0.816. The van der Waals surface area contributed by atoms with Crippen LogP contribution in [0.2, 0.25) is 0 Å². The van der Waals surface area contributed by atoms with Crippen molar-refractivity contribution >= 4 is 10.0 Å². The van der Waals surface area contributed by atoms with Crippen LogP contribution in [-0.2, 0) is 29.9 Å². The molecular formula is C14H19N5O3S. The first-order valence-corrected chi connectivity index (χ1v) is 8.86. The van der Waals surface area contributed by atoms with Crippen molar-refractivity contribution in [3.63, 3.8) is 0 Å². The molecule has 124 valence electrons. The maximum atomic E-state index is 12.6. The van der Waals surface area contributed by atoms with Gasteiger partial charge in [0.15, 0.2) is 0 Å². The molecule has 23 heavy (non-hydrogen) atoms. The van der Waals surface area contributed by atoms with Crippen molar-refractivity contribution in [2.45, 2.75) is 44.0 Å². The van der Waals surface area contributed by atoms with E-state index in [9.17, 15) is 13.2 Å². The molecule has 0 spiro atoms. The Balaban J connectivity index is 1.85. The fraction of sp³-hybridized carbons (Fsp3) is 0.500. The minimum absolute atomic E-state index is 0.186. The first-order chi connectivity index (χ1) is 10.8. The first kappa shape index (κ1) is 15.9. The lowest BCUT2D eigenvalue weighted by atomic mass is 9.93. The Morgan fingerprint density at radius 3 is 2.78 bits per heavy atom. The number of rotatable bonds is 3. The van der Waals surface area contributed by atoms with Crippen molar-refractivity contribution in [1.82, 2.24) is 24.7 Å². The van der Waals surface area contributed by atoms with Crippen molar-refractivity contribution in [3.8, 4) is 0 Å². The Morgan fingerprint density at radius 1 is 1.39 bits per heavy atom. The van der Waals surface area contributed by atoms with Crippen molar-refractivity contribution in [3.05, 3.63) is 39.1 Å². The zero-order valence-electron chi connectivity index (χ0n) is 13.3. The summed E-state index contributed by atoms with van der Waals surface area (Å²) >= 11 is 0. The van der Waals surface area contributed by atoms with Gasteiger partial charge in [0.1, 0.15) is 4.90 Å². The second-order valence-corrected chi connectivity index (χ2v) is 7.55. The molecule has 1 aliphatic rings. The molecule has 1 aliphatic carbocycles. The minimum Gasteiger partial charge on any atom is -0.281 e. The number of hydrogen-bond acceptors (Lipinski definition) is 5. The molecule has 2 aromatic rings. The van der Waals surface area contributed by atoms with E-state index in [4.69, 9.17) is 0 Å². The Hall–Kier alpha value is -2.00. The summed E-state index contributed by atoms with van der Waals surface area (Å²) < 4.78 is 29.2. The molecule has 2 N–H and O–H groups in total. The van der Waals surface area contributed by atoms with Gasteiger partial charge in [0.05, 0.1) is 17.1 Å². The second kappa shape index (κ2) is 5.57. The molecule has 0 amide bonds. The predicted molar refractivity (Wildman–Crippen MR) is 83.7 cm³/mol. The Labute approximate surface area is 134 Å². The molecule has 0 saturated heterocycles. The molecule has 0 saturated carbocycles. The maximum Gasteiger partial charge on any atom is 0.266 e. The molecule has 2 heterocycles. The van der Waals surface area contributed by atoms with Crippen LogP contribution in [0.4, 0.5) is 0 Å². The Morgan fingerprint density at radius 2 is 2.13 bits per heavy atom. The van der Waals surface area contributed by atoms with Crippen LogP contribution in [0.15, 0.2) is 15.8 Å². The zero-order valence-corrected chi connectivity index (χ0v) is 14.1. The van der Waals surface area contributed by atoms with Gasteiger partial charge in [-0.1, -0.05) is 0 Å². The zero-order chi connectivity index (χ0) is 16.8. The first-order valence-electron chi connectivity index (χ1n) is 7.38. The molecule has 0 aromatic carbocycles. The van der Waals surface area contributed by atoms with Crippen LogP contribution in [0.3, 0.4) is 0 Å². The number of aryl methyl sites for hydroxylation is 4. The Kier molecular flexibility index (Phi) is 3.85. The summed E-state index contributed by atoms with van der Waals surface area (Å²) in [5.41, 5.74) is 2.45. The van der Waals surface area contributed by atoms with Gasteiger partial charge in [-0.3, -0.25) is 9.89 Å². The highest BCUT2D eigenvalue weighted by Gasteiger charge is 2.28. The molecule has 0 aliphatic heterocycles. The standard InChI is InChI=1S/C14H19N5O3S/c1-8-14(9(2)16-15-8)23(21,22)18-11-4-5-12-10(6-11)7-13(20)19(3)17-12/h7,11,18H,4-6H2,1-3H3,(H,15,16). The number of nitrogens with one attached hydrogen (secondary N) is 2. The number of hydrogen-bond donors (Lipinski definition) is 2. The molecule has 9 heteroatoms. The summed E-state index contributed by atoms with van der Waals surface area (Å²) in [6, 6.07) is 1.28. The van der Waals surface area contributed by atoms with Gasteiger partial charge >= 0.3 is 0 Å². The average molecular weight is 337 g/mol. The van der Waals surface area contributed by atoms with Crippen LogP contribution >= 0.6 is 0 Å². The molecule has 1 atom stereocenters. The van der Waals surface area contributed by atoms with E-state index in [-0.39, 0.29) is 16.5 Å². The normalized spacial score (nSPS) is 18.0. The van der Waals surface area contributed by atoms with Crippen LogP contribution in [0, 0.1) is 13.8 Å². The number of aromatic amines is 1. The SMILES string of the molecule is Cc1n[nH]c(C)c1S(=O)(=O)NC1CCc2nn(C)c(=O)cc2C1. The van der Waals surface area contributed by atoms with Crippen molar-refractivity contribution in [2.75, 3.05) is 0 Å². The van der Waals surface area contributed by atoms with Gasteiger partial charge in [-0.05, 0) is 38.7 Å². The lowest BCUT2D eigenvalue weighted by molar-refractivity contribution is 0.491. The van der Waals surface area contributed by atoms with E-state index < -0.39 is 10.0 Å². The predicted octanol–water partition coefficient (Wildman–Crippen LogP) is -0.0440. The van der Waals surface area contributed by atoms with E-state index in [1.54, 1.807) is 20.9 Å². The minimum atomic E-state index is -3.65. The summed E-state index contributed by atoms with van der Waals surface area (Å²) in [7, 11) is -2.03. The average Bonchev–Trinajstić information content (AvgIpc) is 2.80. The molecule has 3 rings (SSSR count). The fourth-order valence-corrected chi connectivity index (χ4v) is 4.64. The third kappa shape index (κ3) is 2.93. The summed E-state index contributed by atoms with van der Waals surface area (Å²) in [6.07, 6.45) is 1.75. The van der Waals surface area contributed by atoms with E-state index in [0.717, 1.165) is 11.3 Å². The lowest BCUT2D eigenvalue weighted by Crippen LogP contribution is -2.40. The smallest absolute Gasteiger partial charge is 0.266 e. The maximum absolute atomic E-state index is 12.6. The number of aromatic nitrogens is 4. The highest BCUT2D eigenvalue weighted by molar-refractivity contribution is 7.89. The number of sulfonamides is 1. The van der Waals surface area contributed by atoms with E-state index in [1.807, 2.05) is 0 Å². The monoisotopic (exact) mass is 337 g/mol. The van der Waals surface area contributed by atoms with E-state index in [0.29, 0.717) is 30.7 Å². The summed E-state index contributed by atoms with van der Waals surface area (Å²) in [5, 5.41) is 10.9. The van der Waals surface area contributed by atoms with Gasteiger partial charge in [-0.25, -0.2) is 17.8 Å². The fourth-order valence-electron chi connectivity index (χ4n) is 3.00. The molecule has 0 fully saturated rings. The third-order valence-electron chi connectivity index (χ3n) is 4.11. The Bertz CT molecular complexity index is 893. The highest BCUT2D eigenvalue weighted by Crippen LogP contribution is 2.22. The van der Waals surface area contributed by atoms with Crippen LogP contribution in [-0.4, -0.2) is 34.4 Å². The van der Waals surface area contributed by atoms with Gasteiger partial charge in [0.2, 0.25) is 10.0 Å². The van der Waals surface area contributed by atoms with E-state index in [1.165, 1.54) is 10.7 Å². The lowest BCUT2D eigenvalue weighted by Gasteiger charge is -2.24. The third-order valence-corrected chi connectivity index (χ3v) is 5.89. The topological polar surface area (TPSA) is 110 Å². The van der Waals surface area contributed by atoms with Gasteiger partial charge < -0.3 is 0 Å². The number of H-pyrrole nitrogens is 1. The molecular weight excluding hydrogens is 318 g/mol. The van der Waals surface area contributed by atoms with Gasteiger partial charge in [-0.2, -0.15) is 10.2 Å². The van der Waals surface area contributed by atoms with Crippen LogP contribution < -0.4 is 10.3 Å². The van der Waals surface area contributed by atoms with Crippen LogP contribution in [0.25, 0.3) is 0 Å². The van der Waals surface area contributed by atoms with Crippen LogP contribution in [0.1, 0.15) is 29.1 Å². The van der Waals surface area contributed by atoms with Crippen molar-refractivity contribution < 1.29 is 8.42 Å². The molecule has 8 nitrogen and oxygen atoms in total. The largest absolute Gasteiger partial charge is 0.281 e. The molecule has 2 aromatic heterocycles. The summed E-state index contributed by atoms with van der Waals surface area (Å²) in [4.78, 5) is 11.9. The van der Waals surface area contributed by atoms with Gasteiger partial charge in [-0.15, -0.1) is 0 Å². The second-order valence-electron chi connectivity index (χ2n) is 5.90. The molecule has 0 bridgehead atoms. The molecule has 0 radical (unpaired) electrons. The van der Waals surface area contributed by atoms with E-state index >= 15 is 0 Å². The van der Waals surface area contributed by atoms with Gasteiger partial charge in [0, 0.05) is 19.2 Å². The highest BCUT2D eigenvalue weighted by atomic mass is 32.2. The van der Waals surface area contributed by atoms with Crippen molar-refractivity contribution in [2.24, 2.45) is 7.05 Å². The number of fused-ring (bicyclic) bond motifs is 1.